The lowest BCUT2D eigenvalue weighted by Crippen LogP contribution is -2.38. The molecule has 0 radical (unpaired) electrons. The first-order valence-electron chi connectivity index (χ1n) is 6.12. The average Bonchev–Trinajstić information content (AvgIpc) is 2.39. The lowest BCUT2D eigenvalue weighted by Gasteiger charge is -2.32. The number of alkyl halides is 3. The highest BCUT2D eigenvalue weighted by molar-refractivity contribution is 5.27. The summed E-state index contributed by atoms with van der Waals surface area (Å²) in [4.78, 5) is 2.11. The Balaban J connectivity index is 2.15. The van der Waals surface area contributed by atoms with Crippen LogP contribution in [0.2, 0.25) is 0 Å². The van der Waals surface area contributed by atoms with E-state index in [0.29, 0.717) is 18.7 Å². The van der Waals surface area contributed by atoms with Crippen LogP contribution in [0.4, 0.5) is 13.2 Å². The standard InChI is InChI=1S/C14H16F3NO/c1-2-6-18-7-8-19-13(10-18)11-4-3-5-12(9-11)14(15,16)17/h2-5,9,13H,1,6-8,10H2/t13-/m1/s1. The summed E-state index contributed by atoms with van der Waals surface area (Å²) in [6.45, 7) is 6.28. The van der Waals surface area contributed by atoms with E-state index in [0.717, 1.165) is 19.2 Å². The van der Waals surface area contributed by atoms with Crippen molar-refractivity contribution in [1.29, 1.82) is 0 Å². The molecular weight excluding hydrogens is 255 g/mol. The fourth-order valence-corrected chi connectivity index (χ4v) is 2.17. The first-order chi connectivity index (χ1) is 9.00. The molecule has 2 rings (SSSR count). The first-order valence-corrected chi connectivity index (χ1v) is 6.12. The van der Waals surface area contributed by atoms with Crippen LogP contribution < -0.4 is 0 Å². The Hall–Kier alpha value is -1.33. The molecule has 0 aliphatic carbocycles. The molecule has 0 unspecified atom stereocenters. The summed E-state index contributed by atoms with van der Waals surface area (Å²) in [7, 11) is 0. The zero-order chi connectivity index (χ0) is 13.9. The molecule has 0 spiro atoms. The highest BCUT2D eigenvalue weighted by atomic mass is 19.4. The van der Waals surface area contributed by atoms with Crippen LogP contribution in [-0.2, 0) is 10.9 Å². The summed E-state index contributed by atoms with van der Waals surface area (Å²) in [6.07, 6.45) is -2.84. The molecule has 104 valence electrons. The van der Waals surface area contributed by atoms with Gasteiger partial charge in [0.15, 0.2) is 0 Å². The number of benzene rings is 1. The average molecular weight is 271 g/mol. The second kappa shape index (κ2) is 5.75. The monoisotopic (exact) mass is 271 g/mol. The van der Waals surface area contributed by atoms with Gasteiger partial charge in [-0.25, -0.2) is 0 Å². The van der Waals surface area contributed by atoms with Crippen molar-refractivity contribution in [1.82, 2.24) is 4.90 Å². The van der Waals surface area contributed by atoms with Crippen molar-refractivity contribution in [2.45, 2.75) is 12.3 Å². The first kappa shape index (κ1) is 14.1. The van der Waals surface area contributed by atoms with E-state index >= 15 is 0 Å². The number of ether oxygens (including phenoxy) is 1. The minimum atomic E-state index is -4.31. The third-order valence-corrected chi connectivity index (χ3v) is 3.12. The van der Waals surface area contributed by atoms with E-state index < -0.39 is 11.7 Å². The zero-order valence-corrected chi connectivity index (χ0v) is 10.5. The van der Waals surface area contributed by atoms with Crippen LogP contribution in [0.1, 0.15) is 17.2 Å². The van der Waals surface area contributed by atoms with E-state index in [9.17, 15) is 13.2 Å². The van der Waals surface area contributed by atoms with Gasteiger partial charge in [-0.15, -0.1) is 6.58 Å². The van der Waals surface area contributed by atoms with E-state index in [-0.39, 0.29) is 6.10 Å². The van der Waals surface area contributed by atoms with Crippen molar-refractivity contribution >= 4 is 0 Å². The van der Waals surface area contributed by atoms with Crippen molar-refractivity contribution < 1.29 is 17.9 Å². The maximum absolute atomic E-state index is 12.7. The Kier molecular flexibility index (Phi) is 4.27. The molecule has 0 N–H and O–H groups in total. The fourth-order valence-electron chi connectivity index (χ4n) is 2.17. The number of morpholine rings is 1. The molecule has 1 aliphatic rings. The number of hydrogen-bond acceptors (Lipinski definition) is 2. The molecule has 1 saturated heterocycles. The van der Waals surface area contributed by atoms with E-state index in [1.54, 1.807) is 12.1 Å². The lowest BCUT2D eigenvalue weighted by atomic mass is 10.0. The molecule has 5 heteroatoms. The molecule has 1 aliphatic heterocycles. The molecule has 0 aromatic heterocycles. The van der Waals surface area contributed by atoms with E-state index in [1.165, 1.54) is 12.1 Å². The summed E-state index contributed by atoms with van der Waals surface area (Å²) >= 11 is 0. The summed E-state index contributed by atoms with van der Waals surface area (Å²) in [5.41, 5.74) is -0.0574. The van der Waals surface area contributed by atoms with Crippen LogP contribution in [0.3, 0.4) is 0 Å². The predicted molar refractivity (Wildman–Crippen MR) is 66.8 cm³/mol. The molecule has 1 fully saturated rings. The Morgan fingerprint density at radius 1 is 1.42 bits per heavy atom. The summed E-state index contributed by atoms with van der Waals surface area (Å²) in [5, 5.41) is 0. The molecule has 1 aromatic carbocycles. The van der Waals surface area contributed by atoms with Gasteiger partial charge in [0.05, 0.1) is 18.3 Å². The maximum atomic E-state index is 12.7. The SMILES string of the molecule is C=CCN1CCO[C@@H](c2cccc(C(F)(F)F)c2)C1. The van der Waals surface area contributed by atoms with Crippen LogP contribution in [-0.4, -0.2) is 31.1 Å². The molecular formula is C14H16F3NO. The zero-order valence-electron chi connectivity index (χ0n) is 10.5. The van der Waals surface area contributed by atoms with Crippen LogP contribution in [0, 0.1) is 0 Å². The molecule has 19 heavy (non-hydrogen) atoms. The number of rotatable bonds is 3. The van der Waals surface area contributed by atoms with Crippen molar-refractivity contribution in [2.75, 3.05) is 26.2 Å². The molecule has 0 saturated carbocycles. The van der Waals surface area contributed by atoms with E-state index in [1.807, 2.05) is 0 Å². The van der Waals surface area contributed by atoms with Gasteiger partial charge in [-0.1, -0.05) is 18.2 Å². The molecule has 1 atom stereocenters. The van der Waals surface area contributed by atoms with E-state index in [2.05, 4.69) is 11.5 Å². The quantitative estimate of drug-likeness (QED) is 0.782. The van der Waals surface area contributed by atoms with Crippen LogP contribution in [0.15, 0.2) is 36.9 Å². The van der Waals surface area contributed by atoms with E-state index in [4.69, 9.17) is 4.74 Å². The van der Waals surface area contributed by atoms with Gasteiger partial charge in [-0.3, -0.25) is 4.90 Å². The highest BCUT2D eigenvalue weighted by Gasteiger charge is 2.31. The fraction of sp³-hybridized carbons (Fsp3) is 0.429. The Morgan fingerprint density at radius 2 is 2.21 bits per heavy atom. The lowest BCUT2D eigenvalue weighted by molar-refractivity contribution is -0.137. The summed E-state index contributed by atoms with van der Waals surface area (Å²) in [6, 6.07) is 5.35. The van der Waals surface area contributed by atoms with Crippen LogP contribution in [0.25, 0.3) is 0 Å². The normalized spacial score (nSPS) is 21.3. The third-order valence-electron chi connectivity index (χ3n) is 3.12. The topological polar surface area (TPSA) is 12.5 Å². The maximum Gasteiger partial charge on any atom is 0.416 e. The minimum absolute atomic E-state index is 0.309. The van der Waals surface area contributed by atoms with Gasteiger partial charge in [0.2, 0.25) is 0 Å². The molecule has 0 bridgehead atoms. The number of halogens is 3. The smallest absolute Gasteiger partial charge is 0.371 e. The summed E-state index contributed by atoms with van der Waals surface area (Å²) in [5.74, 6) is 0. The second-order valence-corrected chi connectivity index (χ2v) is 4.53. The predicted octanol–water partition coefficient (Wildman–Crippen LogP) is 3.26. The number of hydrogen-bond donors (Lipinski definition) is 0. The van der Waals surface area contributed by atoms with Gasteiger partial charge in [-0.2, -0.15) is 13.2 Å². The van der Waals surface area contributed by atoms with Crippen LogP contribution in [0.5, 0.6) is 0 Å². The molecule has 2 nitrogen and oxygen atoms in total. The largest absolute Gasteiger partial charge is 0.416 e. The summed E-state index contributed by atoms with van der Waals surface area (Å²) < 4.78 is 43.6. The van der Waals surface area contributed by atoms with Gasteiger partial charge >= 0.3 is 6.18 Å². The van der Waals surface area contributed by atoms with Gasteiger partial charge in [0, 0.05) is 19.6 Å². The van der Waals surface area contributed by atoms with Gasteiger partial charge in [0.1, 0.15) is 0 Å². The van der Waals surface area contributed by atoms with Gasteiger partial charge in [-0.05, 0) is 17.7 Å². The van der Waals surface area contributed by atoms with Gasteiger partial charge in [0.25, 0.3) is 0 Å². The van der Waals surface area contributed by atoms with Gasteiger partial charge < -0.3 is 4.74 Å². The van der Waals surface area contributed by atoms with Crippen molar-refractivity contribution in [3.8, 4) is 0 Å². The van der Waals surface area contributed by atoms with Crippen LogP contribution >= 0.6 is 0 Å². The highest BCUT2D eigenvalue weighted by Crippen LogP contribution is 2.32. The third kappa shape index (κ3) is 3.58. The Labute approximate surface area is 110 Å². The molecule has 1 aromatic rings. The Morgan fingerprint density at radius 3 is 2.89 bits per heavy atom. The number of nitrogens with zero attached hydrogens (tertiary/aromatic N) is 1. The molecule has 1 heterocycles. The molecule has 0 amide bonds. The minimum Gasteiger partial charge on any atom is -0.371 e. The Bertz CT molecular complexity index is 445. The van der Waals surface area contributed by atoms with Crippen molar-refractivity contribution in [3.05, 3.63) is 48.0 Å². The van der Waals surface area contributed by atoms with Crippen molar-refractivity contribution in [3.63, 3.8) is 0 Å². The van der Waals surface area contributed by atoms with Crippen molar-refractivity contribution in [2.24, 2.45) is 0 Å². The second-order valence-electron chi connectivity index (χ2n) is 4.53.